The summed E-state index contributed by atoms with van der Waals surface area (Å²) in [6.07, 6.45) is 4.15. The molecule has 2 rings (SSSR count). The van der Waals surface area contributed by atoms with Gasteiger partial charge in [-0.3, -0.25) is 4.79 Å². The maximum atomic E-state index is 12.3. The lowest BCUT2D eigenvalue weighted by atomic mass is 9.80. The third kappa shape index (κ3) is 3.40. The average Bonchev–Trinajstić information content (AvgIpc) is 2.99. The molecule has 20 heavy (non-hydrogen) atoms. The van der Waals surface area contributed by atoms with Crippen LogP contribution in [0.4, 0.5) is 0 Å². The van der Waals surface area contributed by atoms with E-state index in [4.69, 9.17) is 9.15 Å². The SMILES string of the molecule is CC(CCc1ccco1)NC(=O)C1(C#N)CCOCC1. The molecule has 1 fully saturated rings. The second-order valence-corrected chi connectivity index (χ2v) is 5.30. The van der Waals surface area contributed by atoms with Gasteiger partial charge in [0.05, 0.1) is 12.3 Å². The molecule has 0 aliphatic carbocycles. The van der Waals surface area contributed by atoms with Gasteiger partial charge in [-0.2, -0.15) is 5.26 Å². The molecule has 108 valence electrons. The lowest BCUT2D eigenvalue weighted by Crippen LogP contribution is -2.46. The zero-order valence-electron chi connectivity index (χ0n) is 11.7. The number of carbonyl (C=O) groups is 1. The van der Waals surface area contributed by atoms with E-state index in [9.17, 15) is 10.1 Å². The fraction of sp³-hybridized carbons (Fsp3) is 0.600. The number of amides is 1. The molecule has 1 aliphatic heterocycles. The Kier molecular flexibility index (Phi) is 4.80. The summed E-state index contributed by atoms with van der Waals surface area (Å²) in [4.78, 5) is 12.3. The minimum absolute atomic E-state index is 0.0145. The van der Waals surface area contributed by atoms with Crippen molar-refractivity contribution in [3.8, 4) is 6.07 Å². The van der Waals surface area contributed by atoms with Crippen LogP contribution in [0.3, 0.4) is 0 Å². The van der Waals surface area contributed by atoms with Crippen LogP contribution in [-0.2, 0) is 16.0 Å². The molecule has 5 nitrogen and oxygen atoms in total. The van der Waals surface area contributed by atoms with E-state index in [1.54, 1.807) is 6.26 Å². The first-order valence-corrected chi connectivity index (χ1v) is 6.99. The Labute approximate surface area is 118 Å². The van der Waals surface area contributed by atoms with E-state index in [1.807, 2.05) is 19.1 Å². The van der Waals surface area contributed by atoms with Crippen LogP contribution < -0.4 is 5.32 Å². The maximum Gasteiger partial charge on any atom is 0.240 e. The molecule has 1 aliphatic rings. The number of rotatable bonds is 5. The molecule has 2 heterocycles. The molecular formula is C15H20N2O3. The van der Waals surface area contributed by atoms with Gasteiger partial charge in [0.15, 0.2) is 0 Å². The van der Waals surface area contributed by atoms with Crippen LogP contribution in [0.15, 0.2) is 22.8 Å². The first-order valence-electron chi connectivity index (χ1n) is 6.99. The van der Waals surface area contributed by atoms with Crippen LogP contribution in [0, 0.1) is 16.7 Å². The minimum atomic E-state index is -0.919. The van der Waals surface area contributed by atoms with Gasteiger partial charge in [0.2, 0.25) is 5.91 Å². The summed E-state index contributed by atoms with van der Waals surface area (Å²) in [6, 6.07) is 5.97. The normalized spacial score (nSPS) is 19.0. The van der Waals surface area contributed by atoms with Crippen LogP contribution in [0.2, 0.25) is 0 Å². The van der Waals surface area contributed by atoms with Crippen LogP contribution >= 0.6 is 0 Å². The molecule has 1 unspecified atom stereocenters. The summed E-state index contributed by atoms with van der Waals surface area (Å²) in [5.41, 5.74) is -0.919. The number of aryl methyl sites for hydroxylation is 1. The molecule has 0 saturated carbocycles. The van der Waals surface area contributed by atoms with Crippen LogP contribution in [0.25, 0.3) is 0 Å². The van der Waals surface area contributed by atoms with Crippen LogP contribution in [0.1, 0.15) is 31.9 Å². The lowest BCUT2D eigenvalue weighted by Gasteiger charge is -2.30. The van der Waals surface area contributed by atoms with E-state index in [-0.39, 0.29) is 11.9 Å². The maximum absolute atomic E-state index is 12.3. The Hall–Kier alpha value is -1.80. The first-order chi connectivity index (χ1) is 9.66. The third-order valence-electron chi connectivity index (χ3n) is 3.78. The number of furan rings is 1. The predicted octanol–water partition coefficient (Wildman–Crippen LogP) is 2.04. The molecule has 1 amide bonds. The van der Waals surface area contributed by atoms with Gasteiger partial charge in [-0.1, -0.05) is 0 Å². The fourth-order valence-corrected chi connectivity index (χ4v) is 2.36. The van der Waals surface area contributed by atoms with Crippen LogP contribution in [0.5, 0.6) is 0 Å². The average molecular weight is 276 g/mol. The molecule has 0 spiro atoms. The largest absolute Gasteiger partial charge is 0.469 e. The second-order valence-electron chi connectivity index (χ2n) is 5.30. The Morgan fingerprint density at radius 1 is 1.55 bits per heavy atom. The summed E-state index contributed by atoms with van der Waals surface area (Å²) in [5.74, 6) is 0.738. The van der Waals surface area contributed by atoms with Crippen molar-refractivity contribution in [3.05, 3.63) is 24.2 Å². The molecule has 0 bridgehead atoms. The van der Waals surface area contributed by atoms with Gasteiger partial charge in [-0.15, -0.1) is 0 Å². The molecule has 1 atom stereocenters. The van der Waals surface area contributed by atoms with E-state index in [0.717, 1.165) is 18.6 Å². The molecule has 1 aromatic rings. The Bertz CT molecular complexity index is 470. The number of nitriles is 1. The van der Waals surface area contributed by atoms with Crippen molar-refractivity contribution in [2.24, 2.45) is 5.41 Å². The molecule has 1 N–H and O–H groups in total. The summed E-state index contributed by atoms with van der Waals surface area (Å²) < 4.78 is 10.5. The highest BCUT2D eigenvalue weighted by Gasteiger charge is 2.40. The van der Waals surface area contributed by atoms with Gasteiger partial charge in [-0.25, -0.2) is 0 Å². The van der Waals surface area contributed by atoms with Crippen molar-refractivity contribution in [3.63, 3.8) is 0 Å². The number of ether oxygens (including phenoxy) is 1. The van der Waals surface area contributed by atoms with E-state index >= 15 is 0 Å². The highest BCUT2D eigenvalue weighted by Crippen LogP contribution is 2.30. The number of carbonyl (C=O) groups excluding carboxylic acids is 1. The zero-order chi connectivity index (χ0) is 14.4. The van der Waals surface area contributed by atoms with Crippen molar-refractivity contribution < 1.29 is 13.9 Å². The first kappa shape index (κ1) is 14.6. The second kappa shape index (κ2) is 6.58. The highest BCUT2D eigenvalue weighted by molar-refractivity contribution is 5.85. The molecule has 0 aromatic carbocycles. The third-order valence-corrected chi connectivity index (χ3v) is 3.78. The van der Waals surface area contributed by atoms with Crippen molar-refractivity contribution in [1.29, 1.82) is 5.26 Å². The number of hydrogen-bond acceptors (Lipinski definition) is 4. The molecule has 0 radical (unpaired) electrons. The van der Waals surface area contributed by atoms with E-state index in [1.165, 1.54) is 0 Å². The van der Waals surface area contributed by atoms with Gasteiger partial charge in [0.25, 0.3) is 0 Å². The van der Waals surface area contributed by atoms with E-state index < -0.39 is 5.41 Å². The minimum Gasteiger partial charge on any atom is -0.469 e. The number of nitrogens with zero attached hydrogens (tertiary/aromatic N) is 1. The number of hydrogen-bond donors (Lipinski definition) is 1. The van der Waals surface area contributed by atoms with Crippen molar-refractivity contribution in [1.82, 2.24) is 5.32 Å². The fourth-order valence-electron chi connectivity index (χ4n) is 2.36. The van der Waals surface area contributed by atoms with Crippen molar-refractivity contribution in [2.45, 2.75) is 38.6 Å². The Morgan fingerprint density at radius 2 is 2.30 bits per heavy atom. The number of nitrogens with one attached hydrogen (secondary N) is 1. The predicted molar refractivity (Wildman–Crippen MR) is 72.7 cm³/mol. The summed E-state index contributed by atoms with van der Waals surface area (Å²) in [5, 5.41) is 12.3. The van der Waals surface area contributed by atoms with Gasteiger partial charge >= 0.3 is 0 Å². The van der Waals surface area contributed by atoms with E-state index in [0.29, 0.717) is 26.1 Å². The van der Waals surface area contributed by atoms with E-state index in [2.05, 4.69) is 11.4 Å². The standard InChI is InChI=1S/C15H20N2O3/c1-12(4-5-13-3-2-8-20-13)17-14(18)15(11-16)6-9-19-10-7-15/h2-3,8,12H,4-7,9-10H2,1H3,(H,17,18). The van der Waals surface area contributed by atoms with Crippen molar-refractivity contribution in [2.75, 3.05) is 13.2 Å². The lowest BCUT2D eigenvalue weighted by molar-refractivity contribution is -0.133. The van der Waals surface area contributed by atoms with Crippen molar-refractivity contribution >= 4 is 5.91 Å². The molecular weight excluding hydrogens is 256 g/mol. The zero-order valence-corrected chi connectivity index (χ0v) is 11.7. The van der Waals surface area contributed by atoms with Gasteiger partial charge in [0, 0.05) is 25.7 Å². The molecule has 1 aromatic heterocycles. The smallest absolute Gasteiger partial charge is 0.240 e. The summed E-state index contributed by atoms with van der Waals surface area (Å²) in [7, 11) is 0. The Morgan fingerprint density at radius 3 is 2.90 bits per heavy atom. The summed E-state index contributed by atoms with van der Waals surface area (Å²) >= 11 is 0. The topological polar surface area (TPSA) is 75.3 Å². The summed E-state index contributed by atoms with van der Waals surface area (Å²) in [6.45, 7) is 2.90. The van der Waals surface area contributed by atoms with Gasteiger partial charge in [-0.05, 0) is 38.3 Å². The quantitative estimate of drug-likeness (QED) is 0.893. The monoisotopic (exact) mass is 276 g/mol. The van der Waals surface area contributed by atoms with Crippen LogP contribution in [-0.4, -0.2) is 25.2 Å². The Balaban J connectivity index is 1.85. The van der Waals surface area contributed by atoms with Gasteiger partial charge < -0.3 is 14.5 Å². The molecule has 5 heteroatoms. The van der Waals surface area contributed by atoms with Gasteiger partial charge in [0.1, 0.15) is 11.2 Å². The molecule has 1 saturated heterocycles. The highest BCUT2D eigenvalue weighted by atomic mass is 16.5.